The Kier molecular flexibility index (Phi) is 9.92. The molecule has 6 heteroatoms. The second kappa shape index (κ2) is 14.0. The van der Waals surface area contributed by atoms with Gasteiger partial charge in [0.1, 0.15) is 0 Å². The van der Waals surface area contributed by atoms with Crippen LogP contribution in [0.4, 0.5) is 0 Å². The van der Waals surface area contributed by atoms with Crippen LogP contribution < -0.4 is 10.6 Å². The van der Waals surface area contributed by atoms with Crippen molar-refractivity contribution < 1.29 is 14.4 Å². The molecule has 3 fully saturated rings. The molecular weight excluding hydrogens is 510 g/mol. The number of carbonyl (C=O) groups is 3. The number of fused-ring (bicyclic) bond motifs is 1. The van der Waals surface area contributed by atoms with Gasteiger partial charge in [0.2, 0.25) is 17.7 Å². The third kappa shape index (κ3) is 7.09. The van der Waals surface area contributed by atoms with E-state index in [-0.39, 0.29) is 54.1 Å². The zero-order chi connectivity index (χ0) is 28.6. The van der Waals surface area contributed by atoms with Crippen LogP contribution in [0, 0.1) is 11.8 Å². The molecule has 1 saturated heterocycles. The van der Waals surface area contributed by atoms with Crippen molar-refractivity contribution in [3.8, 4) is 0 Å². The molecule has 218 valence electrons. The first-order chi connectivity index (χ1) is 20.0. The molecule has 5 rings (SSSR count). The maximum Gasteiger partial charge on any atom is 0.234 e. The van der Waals surface area contributed by atoms with E-state index in [4.69, 9.17) is 0 Å². The number of hydrogen-bond acceptors (Lipinski definition) is 4. The van der Waals surface area contributed by atoms with Gasteiger partial charge in [0, 0.05) is 11.7 Å². The van der Waals surface area contributed by atoms with E-state index in [9.17, 15) is 14.4 Å². The minimum atomic E-state index is -0.350. The quantitative estimate of drug-likeness (QED) is 0.286. The minimum absolute atomic E-state index is 0.0104. The summed E-state index contributed by atoms with van der Waals surface area (Å²) in [6.45, 7) is 4.23. The summed E-state index contributed by atoms with van der Waals surface area (Å²) in [5.74, 6) is -0.469. The second-order valence-electron chi connectivity index (χ2n) is 12.1. The Balaban J connectivity index is 1.29. The molecule has 2 aromatic rings. The summed E-state index contributed by atoms with van der Waals surface area (Å²) in [5, 5.41) is 6.76. The van der Waals surface area contributed by atoms with Crippen LogP contribution in [0.25, 0.3) is 5.70 Å². The predicted molar refractivity (Wildman–Crippen MR) is 162 cm³/mol. The molecule has 0 spiro atoms. The average Bonchev–Trinajstić information content (AvgIpc) is 2.96. The van der Waals surface area contributed by atoms with Gasteiger partial charge in [0.05, 0.1) is 30.3 Å². The van der Waals surface area contributed by atoms with Gasteiger partial charge in [0.25, 0.3) is 0 Å². The molecule has 3 amide bonds. The van der Waals surface area contributed by atoms with Crippen LogP contribution in [0.1, 0.15) is 101 Å². The summed E-state index contributed by atoms with van der Waals surface area (Å²) in [6, 6.07) is 19.4. The van der Waals surface area contributed by atoms with Crippen LogP contribution in [0.15, 0.2) is 67.2 Å². The number of rotatable bonds is 8. The monoisotopic (exact) mass is 555 g/mol. The number of amides is 3. The van der Waals surface area contributed by atoms with Crippen LogP contribution in [0.2, 0.25) is 0 Å². The molecule has 3 aliphatic rings. The lowest BCUT2D eigenvalue weighted by Gasteiger charge is -2.49. The number of carbonyl (C=O) groups excluding carboxylic acids is 3. The van der Waals surface area contributed by atoms with Gasteiger partial charge in [-0.2, -0.15) is 0 Å². The molecule has 1 aliphatic heterocycles. The highest BCUT2D eigenvalue weighted by Crippen LogP contribution is 2.39. The zero-order valence-corrected chi connectivity index (χ0v) is 24.2. The van der Waals surface area contributed by atoms with Gasteiger partial charge < -0.3 is 10.6 Å². The van der Waals surface area contributed by atoms with E-state index in [1.807, 2.05) is 60.7 Å². The first-order valence-corrected chi connectivity index (χ1v) is 15.7. The smallest absolute Gasteiger partial charge is 0.234 e. The first kappa shape index (κ1) is 29.1. The zero-order valence-electron chi connectivity index (χ0n) is 24.2. The van der Waals surface area contributed by atoms with Gasteiger partial charge in [-0.05, 0) is 36.8 Å². The van der Waals surface area contributed by atoms with Crippen molar-refractivity contribution in [1.82, 2.24) is 15.5 Å². The standard InChI is InChI=1S/C35H45N3O3/c1-25(26-16-8-6-9-17-26)36-31(27-18-10-7-11-19-27)24-33(39)37-30-22-14-4-2-12-20-28(30)34(40)38-32-23-15-5-3-13-21-29(32)35(38)41/h6-11,16-19,28-32,36H,1-5,12-15,20-24H2,(H,37,39)/t28?,29?,30-,31?,32-/m1/s1. The van der Waals surface area contributed by atoms with Gasteiger partial charge in [-0.1, -0.05) is 119 Å². The molecular formula is C35H45N3O3. The molecule has 0 aromatic heterocycles. The van der Waals surface area contributed by atoms with Gasteiger partial charge in [-0.25, -0.2) is 0 Å². The molecule has 2 aromatic carbocycles. The van der Waals surface area contributed by atoms with E-state index in [0.717, 1.165) is 81.0 Å². The number of imide groups is 1. The van der Waals surface area contributed by atoms with Crippen LogP contribution >= 0.6 is 0 Å². The Bertz CT molecular complexity index is 1200. The predicted octanol–water partition coefficient (Wildman–Crippen LogP) is 6.54. The third-order valence-corrected chi connectivity index (χ3v) is 9.34. The van der Waals surface area contributed by atoms with E-state index < -0.39 is 0 Å². The van der Waals surface area contributed by atoms with Crippen molar-refractivity contribution in [3.05, 3.63) is 78.4 Å². The number of nitrogens with one attached hydrogen (secondary N) is 2. The normalized spacial score (nSPS) is 25.7. The number of β-lactam (4-membered cyclic amide) rings is 1. The van der Waals surface area contributed by atoms with Crippen molar-refractivity contribution in [3.63, 3.8) is 0 Å². The highest BCUT2D eigenvalue weighted by atomic mass is 16.2. The lowest BCUT2D eigenvalue weighted by atomic mass is 9.76. The lowest BCUT2D eigenvalue weighted by Crippen LogP contribution is -2.65. The lowest BCUT2D eigenvalue weighted by molar-refractivity contribution is -0.170. The SMILES string of the molecule is C=C(NC(CC(=O)N[C@@H]1CCCCCCC1C(=O)N1C(=O)C2CCCCCC[C@H]21)c1ccccc1)c1ccccc1. The van der Waals surface area contributed by atoms with E-state index in [2.05, 4.69) is 17.2 Å². The molecule has 3 unspecified atom stereocenters. The minimum Gasteiger partial charge on any atom is -0.378 e. The summed E-state index contributed by atoms with van der Waals surface area (Å²) < 4.78 is 0. The Morgan fingerprint density at radius 3 is 2.12 bits per heavy atom. The molecule has 2 aliphatic carbocycles. The number of benzene rings is 2. The highest BCUT2D eigenvalue weighted by molar-refractivity contribution is 6.03. The number of nitrogens with zero attached hydrogens (tertiary/aromatic N) is 1. The van der Waals surface area contributed by atoms with Crippen LogP contribution in [0.5, 0.6) is 0 Å². The molecule has 2 N–H and O–H groups in total. The van der Waals surface area contributed by atoms with Gasteiger partial charge >= 0.3 is 0 Å². The van der Waals surface area contributed by atoms with E-state index >= 15 is 0 Å². The van der Waals surface area contributed by atoms with Crippen molar-refractivity contribution >= 4 is 23.4 Å². The summed E-state index contributed by atoms with van der Waals surface area (Å²) in [6.07, 6.45) is 12.1. The molecule has 0 radical (unpaired) electrons. The van der Waals surface area contributed by atoms with E-state index in [1.54, 1.807) is 4.90 Å². The maximum atomic E-state index is 14.0. The van der Waals surface area contributed by atoms with Gasteiger partial charge in [-0.3, -0.25) is 19.3 Å². The fraction of sp³-hybridized carbons (Fsp3) is 0.514. The largest absolute Gasteiger partial charge is 0.378 e. The van der Waals surface area contributed by atoms with E-state index in [1.165, 1.54) is 12.8 Å². The van der Waals surface area contributed by atoms with Crippen LogP contribution in [-0.2, 0) is 14.4 Å². The Hall–Kier alpha value is -3.41. The number of hydrogen-bond donors (Lipinski definition) is 2. The molecule has 41 heavy (non-hydrogen) atoms. The molecule has 2 saturated carbocycles. The fourth-order valence-electron chi connectivity index (χ4n) is 7.05. The average molecular weight is 556 g/mol. The maximum absolute atomic E-state index is 14.0. The fourth-order valence-corrected chi connectivity index (χ4v) is 7.05. The summed E-state index contributed by atoms with van der Waals surface area (Å²) in [4.78, 5) is 42.4. The Labute approximate surface area is 245 Å². The van der Waals surface area contributed by atoms with Crippen LogP contribution in [-0.4, -0.2) is 34.7 Å². The number of likely N-dealkylation sites (tertiary alicyclic amines) is 1. The molecule has 5 atom stereocenters. The summed E-state index contributed by atoms with van der Waals surface area (Å²) in [5.41, 5.74) is 2.74. The molecule has 1 heterocycles. The summed E-state index contributed by atoms with van der Waals surface area (Å²) in [7, 11) is 0. The van der Waals surface area contributed by atoms with Crippen molar-refractivity contribution in [2.24, 2.45) is 11.8 Å². The summed E-state index contributed by atoms with van der Waals surface area (Å²) >= 11 is 0. The molecule has 6 nitrogen and oxygen atoms in total. The Morgan fingerprint density at radius 2 is 1.41 bits per heavy atom. The second-order valence-corrected chi connectivity index (χ2v) is 12.1. The van der Waals surface area contributed by atoms with Crippen molar-refractivity contribution in [1.29, 1.82) is 0 Å². The van der Waals surface area contributed by atoms with Gasteiger partial charge in [-0.15, -0.1) is 0 Å². The van der Waals surface area contributed by atoms with Crippen molar-refractivity contribution in [2.45, 2.75) is 102 Å². The molecule has 0 bridgehead atoms. The van der Waals surface area contributed by atoms with Crippen LogP contribution in [0.3, 0.4) is 0 Å². The highest BCUT2D eigenvalue weighted by Gasteiger charge is 2.51. The van der Waals surface area contributed by atoms with Crippen molar-refractivity contribution in [2.75, 3.05) is 0 Å². The van der Waals surface area contributed by atoms with E-state index in [0.29, 0.717) is 0 Å². The topological polar surface area (TPSA) is 78.5 Å². The third-order valence-electron chi connectivity index (χ3n) is 9.34. The Morgan fingerprint density at radius 1 is 0.805 bits per heavy atom. The first-order valence-electron chi connectivity index (χ1n) is 15.7. The van der Waals surface area contributed by atoms with Gasteiger partial charge in [0.15, 0.2) is 0 Å².